The molecule has 2 fully saturated rings. The summed E-state index contributed by atoms with van der Waals surface area (Å²) in [6.45, 7) is 4.08. The van der Waals surface area contributed by atoms with Gasteiger partial charge in [-0.2, -0.15) is 0 Å². The van der Waals surface area contributed by atoms with E-state index in [0.29, 0.717) is 12.5 Å². The van der Waals surface area contributed by atoms with Crippen LogP contribution in [0.15, 0.2) is 36.5 Å². The molecule has 134 valence electrons. The molecule has 1 saturated carbocycles. The van der Waals surface area contributed by atoms with Crippen molar-refractivity contribution in [1.82, 2.24) is 14.4 Å². The van der Waals surface area contributed by atoms with Crippen LogP contribution in [0.25, 0.3) is 10.9 Å². The van der Waals surface area contributed by atoms with Gasteiger partial charge in [0.15, 0.2) is 0 Å². The smallest absolute Gasteiger partial charge is 0.224 e. The van der Waals surface area contributed by atoms with Gasteiger partial charge in [-0.05, 0) is 36.8 Å². The Hall–Kier alpha value is -1.85. The standard InChI is InChI=1S/C20H27N3O2/c24-19-7-3-6-18(19)22-12-14-23(15-13-22)20(25)9-11-21-10-8-16-4-1-2-5-17(16)21/h1-2,4-5,8,10,18-19,24H,3,6-7,9,11-15H2/t18-,19+/m0/s1. The average Bonchev–Trinajstić information content (AvgIpc) is 3.26. The Balaban J connectivity index is 1.29. The van der Waals surface area contributed by atoms with Crippen molar-refractivity contribution in [2.24, 2.45) is 0 Å². The lowest BCUT2D eigenvalue weighted by atomic mass is 10.1. The number of nitrogens with zero attached hydrogens (tertiary/aromatic N) is 3. The maximum atomic E-state index is 12.6. The number of piperazine rings is 1. The van der Waals surface area contributed by atoms with Gasteiger partial charge in [-0.1, -0.05) is 18.2 Å². The normalized spacial score (nSPS) is 24.9. The van der Waals surface area contributed by atoms with E-state index in [4.69, 9.17) is 0 Å². The summed E-state index contributed by atoms with van der Waals surface area (Å²) >= 11 is 0. The number of benzene rings is 1. The maximum absolute atomic E-state index is 12.6. The van der Waals surface area contributed by atoms with Crippen molar-refractivity contribution in [2.45, 2.75) is 44.4 Å². The maximum Gasteiger partial charge on any atom is 0.224 e. The highest BCUT2D eigenvalue weighted by molar-refractivity contribution is 5.80. The Morgan fingerprint density at radius 2 is 1.88 bits per heavy atom. The van der Waals surface area contributed by atoms with Gasteiger partial charge < -0.3 is 14.6 Å². The third kappa shape index (κ3) is 3.44. The summed E-state index contributed by atoms with van der Waals surface area (Å²) in [6.07, 6.45) is 5.58. The second-order valence-corrected chi connectivity index (χ2v) is 7.30. The molecule has 1 saturated heterocycles. The molecule has 0 bridgehead atoms. The van der Waals surface area contributed by atoms with Crippen LogP contribution in [-0.2, 0) is 11.3 Å². The fourth-order valence-electron chi connectivity index (χ4n) is 4.36. The number of hydrogen-bond acceptors (Lipinski definition) is 3. The Morgan fingerprint density at radius 1 is 1.08 bits per heavy atom. The van der Waals surface area contributed by atoms with Crippen molar-refractivity contribution >= 4 is 16.8 Å². The molecule has 1 aliphatic heterocycles. The SMILES string of the molecule is O=C(CCn1ccc2ccccc21)N1CCN([C@H]2CCC[C@H]2O)CC1. The zero-order valence-electron chi connectivity index (χ0n) is 14.7. The molecule has 1 aromatic carbocycles. The number of amides is 1. The summed E-state index contributed by atoms with van der Waals surface area (Å²) in [6, 6.07) is 10.7. The van der Waals surface area contributed by atoms with E-state index in [-0.39, 0.29) is 12.0 Å². The number of aliphatic hydroxyl groups excluding tert-OH is 1. The molecule has 5 nitrogen and oxygen atoms in total. The minimum absolute atomic E-state index is 0.177. The summed E-state index contributed by atoms with van der Waals surface area (Å²) < 4.78 is 2.17. The number of para-hydroxylation sites is 1. The Kier molecular flexibility index (Phi) is 4.77. The van der Waals surface area contributed by atoms with E-state index in [1.807, 2.05) is 17.0 Å². The Bertz CT molecular complexity index is 733. The summed E-state index contributed by atoms with van der Waals surface area (Å²) in [5.74, 6) is 0.240. The van der Waals surface area contributed by atoms with Gasteiger partial charge in [0.1, 0.15) is 0 Å². The number of rotatable bonds is 4. The van der Waals surface area contributed by atoms with Gasteiger partial charge >= 0.3 is 0 Å². The van der Waals surface area contributed by atoms with E-state index in [1.54, 1.807) is 0 Å². The Morgan fingerprint density at radius 3 is 2.64 bits per heavy atom. The van der Waals surface area contributed by atoms with E-state index >= 15 is 0 Å². The highest BCUT2D eigenvalue weighted by Gasteiger charge is 2.33. The molecule has 5 heteroatoms. The van der Waals surface area contributed by atoms with Crippen LogP contribution >= 0.6 is 0 Å². The summed E-state index contributed by atoms with van der Waals surface area (Å²) in [5, 5.41) is 11.3. The highest BCUT2D eigenvalue weighted by Crippen LogP contribution is 2.25. The van der Waals surface area contributed by atoms with Crippen LogP contribution < -0.4 is 0 Å². The van der Waals surface area contributed by atoms with Crippen molar-refractivity contribution in [3.05, 3.63) is 36.5 Å². The van der Waals surface area contributed by atoms with Crippen molar-refractivity contribution in [3.8, 4) is 0 Å². The quantitative estimate of drug-likeness (QED) is 0.926. The summed E-state index contributed by atoms with van der Waals surface area (Å²) in [7, 11) is 0. The van der Waals surface area contributed by atoms with Gasteiger partial charge in [-0.25, -0.2) is 0 Å². The molecule has 1 amide bonds. The molecule has 0 spiro atoms. The first-order valence-electron chi connectivity index (χ1n) is 9.46. The first-order valence-corrected chi connectivity index (χ1v) is 9.46. The van der Waals surface area contributed by atoms with Gasteiger partial charge in [0.05, 0.1) is 6.10 Å². The third-order valence-corrected chi connectivity index (χ3v) is 5.83. The second-order valence-electron chi connectivity index (χ2n) is 7.30. The van der Waals surface area contributed by atoms with Crippen LogP contribution in [0.2, 0.25) is 0 Å². The molecule has 2 heterocycles. The van der Waals surface area contributed by atoms with Gasteiger partial charge in [-0.3, -0.25) is 9.69 Å². The number of hydrogen-bond donors (Lipinski definition) is 1. The monoisotopic (exact) mass is 341 g/mol. The minimum Gasteiger partial charge on any atom is -0.391 e. The largest absolute Gasteiger partial charge is 0.391 e. The number of aryl methyl sites for hydroxylation is 1. The molecule has 2 aliphatic rings. The topological polar surface area (TPSA) is 48.7 Å². The number of aromatic nitrogens is 1. The molecule has 2 atom stereocenters. The van der Waals surface area contributed by atoms with Crippen molar-refractivity contribution in [1.29, 1.82) is 0 Å². The van der Waals surface area contributed by atoms with E-state index < -0.39 is 0 Å². The van der Waals surface area contributed by atoms with Crippen LogP contribution in [0.3, 0.4) is 0 Å². The van der Waals surface area contributed by atoms with E-state index in [0.717, 1.165) is 52.0 Å². The minimum atomic E-state index is -0.177. The molecule has 4 rings (SSSR count). The summed E-state index contributed by atoms with van der Waals surface area (Å²) in [5.41, 5.74) is 1.19. The van der Waals surface area contributed by atoms with E-state index in [2.05, 4.69) is 33.9 Å². The number of fused-ring (bicyclic) bond motifs is 1. The van der Waals surface area contributed by atoms with Gasteiger partial charge in [0.25, 0.3) is 0 Å². The zero-order chi connectivity index (χ0) is 17.2. The molecule has 0 unspecified atom stereocenters. The van der Waals surface area contributed by atoms with Crippen molar-refractivity contribution in [2.75, 3.05) is 26.2 Å². The van der Waals surface area contributed by atoms with Crippen LogP contribution in [0.5, 0.6) is 0 Å². The van der Waals surface area contributed by atoms with Crippen molar-refractivity contribution in [3.63, 3.8) is 0 Å². The molecular weight excluding hydrogens is 314 g/mol. The molecule has 25 heavy (non-hydrogen) atoms. The molecule has 0 radical (unpaired) electrons. The molecule has 1 N–H and O–H groups in total. The number of aliphatic hydroxyl groups is 1. The fourth-order valence-corrected chi connectivity index (χ4v) is 4.36. The first-order chi connectivity index (χ1) is 12.2. The van der Waals surface area contributed by atoms with E-state index in [1.165, 1.54) is 10.9 Å². The summed E-state index contributed by atoms with van der Waals surface area (Å²) in [4.78, 5) is 16.9. The van der Waals surface area contributed by atoms with Crippen LogP contribution in [-0.4, -0.2) is 63.7 Å². The number of carbonyl (C=O) groups excluding carboxylic acids is 1. The van der Waals surface area contributed by atoms with E-state index in [9.17, 15) is 9.90 Å². The van der Waals surface area contributed by atoms with Crippen molar-refractivity contribution < 1.29 is 9.90 Å². The molecule has 1 aliphatic carbocycles. The molecule has 2 aromatic rings. The predicted molar refractivity (Wildman–Crippen MR) is 98.4 cm³/mol. The zero-order valence-corrected chi connectivity index (χ0v) is 14.7. The van der Waals surface area contributed by atoms with Crippen LogP contribution in [0.4, 0.5) is 0 Å². The number of carbonyl (C=O) groups is 1. The Labute approximate surface area is 148 Å². The lowest BCUT2D eigenvalue weighted by Crippen LogP contribution is -2.53. The predicted octanol–water partition coefficient (Wildman–Crippen LogP) is 2.09. The van der Waals surface area contributed by atoms with Gasteiger partial charge in [-0.15, -0.1) is 0 Å². The highest BCUT2D eigenvalue weighted by atomic mass is 16.3. The van der Waals surface area contributed by atoms with Gasteiger partial charge in [0.2, 0.25) is 5.91 Å². The molecule has 1 aromatic heterocycles. The lowest BCUT2D eigenvalue weighted by Gasteiger charge is -2.39. The third-order valence-electron chi connectivity index (χ3n) is 5.83. The van der Waals surface area contributed by atoms with Crippen LogP contribution in [0, 0.1) is 0 Å². The first kappa shape index (κ1) is 16.6. The molecular formula is C20H27N3O2. The fraction of sp³-hybridized carbons (Fsp3) is 0.550. The lowest BCUT2D eigenvalue weighted by molar-refractivity contribution is -0.133. The van der Waals surface area contributed by atoms with Gasteiger partial charge in [0, 0.05) is 56.9 Å². The second kappa shape index (κ2) is 7.18. The van der Waals surface area contributed by atoms with Crippen LogP contribution in [0.1, 0.15) is 25.7 Å². The average molecular weight is 341 g/mol.